The van der Waals surface area contributed by atoms with E-state index in [2.05, 4.69) is 37.4 Å². The molecule has 0 aliphatic rings. The standard InChI is InChI=1S/C13H21NO/c1-4-5-12-6-7-13(11(2)10-12)15-9-8-14-3/h6-7,10,14H,4-5,8-9H2,1-3H3. The van der Waals surface area contributed by atoms with Crippen molar-refractivity contribution < 1.29 is 4.74 Å². The van der Waals surface area contributed by atoms with Crippen molar-refractivity contribution in [2.24, 2.45) is 0 Å². The molecule has 0 aromatic heterocycles. The zero-order valence-electron chi connectivity index (χ0n) is 9.97. The predicted octanol–water partition coefficient (Wildman–Crippen LogP) is 2.55. The Bertz CT molecular complexity index is 297. The Labute approximate surface area is 92.6 Å². The van der Waals surface area contributed by atoms with Gasteiger partial charge in [-0.3, -0.25) is 0 Å². The minimum Gasteiger partial charge on any atom is -0.492 e. The van der Waals surface area contributed by atoms with E-state index in [1.807, 2.05) is 7.05 Å². The number of hydrogen-bond acceptors (Lipinski definition) is 2. The third-order valence-electron chi connectivity index (χ3n) is 2.39. The average molecular weight is 207 g/mol. The lowest BCUT2D eigenvalue weighted by Crippen LogP contribution is -2.16. The molecule has 1 rings (SSSR count). The average Bonchev–Trinajstić information content (AvgIpc) is 2.22. The molecule has 2 heteroatoms. The summed E-state index contributed by atoms with van der Waals surface area (Å²) in [6.45, 7) is 5.92. The third kappa shape index (κ3) is 3.92. The van der Waals surface area contributed by atoms with Crippen LogP contribution in [0.1, 0.15) is 24.5 Å². The van der Waals surface area contributed by atoms with Crippen LogP contribution in [-0.2, 0) is 6.42 Å². The SMILES string of the molecule is CCCc1ccc(OCCNC)c(C)c1. The third-order valence-corrected chi connectivity index (χ3v) is 2.39. The molecule has 0 unspecified atom stereocenters. The van der Waals surface area contributed by atoms with E-state index in [0.717, 1.165) is 25.3 Å². The second-order valence-corrected chi connectivity index (χ2v) is 3.80. The van der Waals surface area contributed by atoms with Crippen LogP contribution < -0.4 is 10.1 Å². The Morgan fingerprint density at radius 3 is 2.73 bits per heavy atom. The van der Waals surface area contributed by atoms with E-state index in [0.29, 0.717) is 0 Å². The summed E-state index contributed by atoms with van der Waals surface area (Å²) in [5, 5.41) is 3.06. The van der Waals surface area contributed by atoms with Crippen LogP contribution in [0.2, 0.25) is 0 Å². The summed E-state index contributed by atoms with van der Waals surface area (Å²) >= 11 is 0. The lowest BCUT2D eigenvalue weighted by atomic mass is 10.1. The zero-order chi connectivity index (χ0) is 11.1. The highest BCUT2D eigenvalue weighted by Crippen LogP contribution is 2.19. The second kappa shape index (κ2) is 6.46. The lowest BCUT2D eigenvalue weighted by molar-refractivity contribution is 0.316. The van der Waals surface area contributed by atoms with E-state index < -0.39 is 0 Å². The van der Waals surface area contributed by atoms with Crippen molar-refractivity contribution in [2.45, 2.75) is 26.7 Å². The first-order chi connectivity index (χ1) is 7.27. The topological polar surface area (TPSA) is 21.3 Å². The van der Waals surface area contributed by atoms with Crippen LogP contribution >= 0.6 is 0 Å². The molecule has 0 aliphatic heterocycles. The molecule has 2 nitrogen and oxygen atoms in total. The monoisotopic (exact) mass is 207 g/mol. The number of hydrogen-bond donors (Lipinski definition) is 1. The summed E-state index contributed by atoms with van der Waals surface area (Å²) in [5.41, 5.74) is 2.63. The maximum Gasteiger partial charge on any atom is 0.122 e. The van der Waals surface area contributed by atoms with Gasteiger partial charge < -0.3 is 10.1 Å². The van der Waals surface area contributed by atoms with Crippen LogP contribution in [-0.4, -0.2) is 20.2 Å². The quantitative estimate of drug-likeness (QED) is 0.724. The minimum absolute atomic E-state index is 0.727. The molecule has 0 saturated carbocycles. The predicted molar refractivity (Wildman–Crippen MR) is 64.6 cm³/mol. The van der Waals surface area contributed by atoms with E-state index in [1.165, 1.54) is 17.5 Å². The first-order valence-corrected chi connectivity index (χ1v) is 5.65. The van der Waals surface area contributed by atoms with E-state index in [9.17, 15) is 0 Å². The first-order valence-electron chi connectivity index (χ1n) is 5.65. The van der Waals surface area contributed by atoms with Gasteiger partial charge in [0.2, 0.25) is 0 Å². The van der Waals surface area contributed by atoms with Crippen molar-refractivity contribution in [1.29, 1.82) is 0 Å². The van der Waals surface area contributed by atoms with Gasteiger partial charge >= 0.3 is 0 Å². The molecule has 0 atom stereocenters. The van der Waals surface area contributed by atoms with Crippen LogP contribution in [0.25, 0.3) is 0 Å². The molecule has 1 aromatic carbocycles. The molecular weight excluding hydrogens is 186 g/mol. The normalized spacial score (nSPS) is 10.3. The van der Waals surface area contributed by atoms with Gasteiger partial charge in [-0.25, -0.2) is 0 Å². The minimum atomic E-state index is 0.727. The fourth-order valence-electron chi connectivity index (χ4n) is 1.58. The van der Waals surface area contributed by atoms with Gasteiger partial charge in [-0.15, -0.1) is 0 Å². The van der Waals surface area contributed by atoms with E-state index in [1.54, 1.807) is 0 Å². The summed E-state index contributed by atoms with van der Waals surface area (Å²) in [4.78, 5) is 0. The summed E-state index contributed by atoms with van der Waals surface area (Å²) in [7, 11) is 1.93. The Kier molecular flexibility index (Phi) is 5.19. The molecule has 0 amide bonds. The number of rotatable bonds is 6. The summed E-state index contributed by atoms with van der Waals surface area (Å²) in [5.74, 6) is 1.00. The molecule has 1 aromatic rings. The van der Waals surface area contributed by atoms with Crippen molar-refractivity contribution >= 4 is 0 Å². The number of aryl methyl sites for hydroxylation is 2. The van der Waals surface area contributed by atoms with Gasteiger partial charge in [0.25, 0.3) is 0 Å². The van der Waals surface area contributed by atoms with Gasteiger partial charge in [0, 0.05) is 6.54 Å². The molecule has 84 valence electrons. The fourth-order valence-corrected chi connectivity index (χ4v) is 1.58. The number of benzene rings is 1. The van der Waals surface area contributed by atoms with Crippen molar-refractivity contribution in [3.05, 3.63) is 29.3 Å². The van der Waals surface area contributed by atoms with E-state index in [4.69, 9.17) is 4.74 Å². The molecule has 0 saturated heterocycles. The molecule has 0 spiro atoms. The van der Waals surface area contributed by atoms with E-state index in [-0.39, 0.29) is 0 Å². The first kappa shape index (κ1) is 12.1. The van der Waals surface area contributed by atoms with Gasteiger partial charge in [0.1, 0.15) is 12.4 Å². The van der Waals surface area contributed by atoms with Gasteiger partial charge in [-0.05, 0) is 37.6 Å². The maximum atomic E-state index is 5.65. The van der Waals surface area contributed by atoms with Gasteiger partial charge in [0.15, 0.2) is 0 Å². The molecule has 0 bridgehead atoms. The number of nitrogens with one attached hydrogen (secondary N) is 1. The van der Waals surface area contributed by atoms with Gasteiger partial charge in [-0.2, -0.15) is 0 Å². The van der Waals surface area contributed by atoms with Crippen molar-refractivity contribution in [3.8, 4) is 5.75 Å². The van der Waals surface area contributed by atoms with Crippen molar-refractivity contribution in [3.63, 3.8) is 0 Å². The molecule has 15 heavy (non-hydrogen) atoms. The largest absolute Gasteiger partial charge is 0.492 e. The molecule has 0 fully saturated rings. The Morgan fingerprint density at radius 1 is 1.33 bits per heavy atom. The number of ether oxygens (including phenoxy) is 1. The summed E-state index contributed by atoms with van der Waals surface area (Å²) in [6.07, 6.45) is 2.34. The van der Waals surface area contributed by atoms with Crippen LogP contribution in [0.4, 0.5) is 0 Å². The Balaban J connectivity index is 2.58. The second-order valence-electron chi connectivity index (χ2n) is 3.80. The highest BCUT2D eigenvalue weighted by molar-refractivity contribution is 5.36. The van der Waals surface area contributed by atoms with Crippen molar-refractivity contribution in [2.75, 3.05) is 20.2 Å². The van der Waals surface area contributed by atoms with Crippen molar-refractivity contribution in [1.82, 2.24) is 5.32 Å². The molecule has 0 heterocycles. The molecule has 0 radical (unpaired) electrons. The van der Waals surface area contributed by atoms with Crippen LogP contribution in [0.15, 0.2) is 18.2 Å². The highest BCUT2D eigenvalue weighted by Gasteiger charge is 2.00. The van der Waals surface area contributed by atoms with Crippen LogP contribution in [0.5, 0.6) is 5.75 Å². The fraction of sp³-hybridized carbons (Fsp3) is 0.538. The Morgan fingerprint density at radius 2 is 2.13 bits per heavy atom. The summed E-state index contributed by atoms with van der Waals surface area (Å²) in [6, 6.07) is 6.46. The molecule has 0 aliphatic carbocycles. The Hall–Kier alpha value is -1.02. The maximum absolute atomic E-state index is 5.65. The van der Waals surface area contributed by atoms with Gasteiger partial charge in [0.05, 0.1) is 0 Å². The smallest absolute Gasteiger partial charge is 0.122 e. The zero-order valence-corrected chi connectivity index (χ0v) is 9.97. The summed E-state index contributed by atoms with van der Waals surface area (Å²) < 4.78 is 5.65. The van der Waals surface area contributed by atoms with E-state index >= 15 is 0 Å². The molecule has 1 N–H and O–H groups in total. The van der Waals surface area contributed by atoms with Gasteiger partial charge in [-0.1, -0.05) is 25.5 Å². The number of likely N-dealkylation sites (N-methyl/N-ethyl adjacent to an activating group) is 1. The molecular formula is C13H21NO. The van der Waals surface area contributed by atoms with Crippen LogP contribution in [0.3, 0.4) is 0 Å². The lowest BCUT2D eigenvalue weighted by Gasteiger charge is -2.10. The van der Waals surface area contributed by atoms with Crippen LogP contribution in [0, 0.1) is 6.92 Å². The highest BCUT2D eigenvalue weighted by atomic mass is 16.5.